The summed E-state index contributed by atoms with van der Waals surface area (Å²) < 4.78 is 184. The molecule has 0 amide bonds. The van der Waals surface area contributed by atoms with Gasteiger partial charge >= 0.3 is 77.3 Å². The molecule has 0 bridgehead atoms. The Balaban J connectivity index is 0.0000168. The third kappa shape index (κ3) is 7.05. The standard InChI is InChI=1S/C20H23F13O7S.Na/c1-3-5-6-13(4-2)10-38-11(34)9-14(13,41-40-39-36)12(35)37-8-7-15(21,22)16(23,24)17(25,26)18(27,28)19(29,30)20(31,32)33;/h36H,3-10H2,1-2H3;/q;+1/p-1. The van der Waals surface area contributed by atoms with Crippen molar-refractivity contribution in [3.05, 3.63) is 0 Å². The molecule has 0 saturated carbocycles. The molecule has 1 saturated heterocycles. The summed E-state index contributed by atoms with van der Waals surface area (Å²) in [5, 5.41) is 13.6. The van der Waals surface area contributed by atoms with E-state index in [1.807, 2.05) is 0 Å². The molecule has 22 heteroatoms. The zero-order chi connectivity index (χ0) is 32.3. The maximum Gasteiger partial charge on any atom is 1.00 e. The monoisotopic (exact) mass is 676 g/mol. The van der Waals surface area contributed by atoms with E-state index in [2.05, 4.69) is 14.1 Å². The maximum atomic E-state index is 14.1. The predicted molar refractivity (Wildman–Crippen MR) is 107 cm³/mol. The van der Waals surface area contributed by atoms with Gasteiger partial charge in [0.25, 0.3) is 0 Å². The number of ether oxygens (including phenoxy) is 2. The Morgan fingerprint density at radius 1 is 0.929 bits per heavy atom. The number of rotatable bonds is 15. The molecule has 42 heavy (non-hydrogen) atoms. The summed E-state index contributed by atoms with van der Waals surface area (Å²) >= 11 is -0.140. The second-order valence-electron chi connectivity index (χ2n) is 9.01. The van der Waals surface area contributed by atoms with E-state index in [0.29, 0.717) is 12.8 Å². The first-order chi connectivity index (χ1) is 18.4. The van der Waals surface area contributed by atoms with Crippen LogP contribution in [0.5, 0.6) is 0 Å². The Kier molecular flexibility index (Phi) is 13.9. The van der Waals surface area contributed by atoms with E-state index >= 15 is 0 Å². The smallest absolute Gasteiger partial charge is 0.691 e. The molecule has 1 aliphatic heterocycles. The maximum absolute atomic E-state index is 14.1. The van der Waals surface area contributed by atoms with Crippen molar-refractivity contribution in [1.29, 1.82) is 0 Å². The Hall–Kier alpha value is -0.740. The van der Waals surface area contributed by atoms with Gasteiger partial charge in [-0.2, -0.15) is 61.4 Å². The van der Waals surface area contributed by atoms with Gasteiger partial charge in [0.15, 0.2) is 4.75 Å². The molecule has 1 heterocycles. The second-order valence-corrected chi connectivity index (χ2v) is 10.0. The van der Waals surface area contributed by atoms with Gasteiger partial charge in [-0.15, -0.1) is 0 Å². The summed E-state index contributed by atoms with van der Waals surface area (Å²) in [7, 11) is 0. The number of esters is 2. The van der Waals surface area contributed by atoms with E-state index in [1.165, 1.54) is 6.92 Å². The third-order valence-corrected chi connectivity index (χ3v) is 7.78. The topological polar surface area (TPSA) is 94.1 Å². The van der Waals surface area contributed by atoms with Crippen LogP contribution in [0, 0.1) is 5.41 Å². The molecule has 242 valence electrons. The van der Waals surface area contributed by atoms with Crippen LogP contribution in [0.15, 0.2) is 0 Å². The predicted octanol–water partition coefficient (Wildman–Crippen LogP) is 2.81. The van der Waals surface area contributed by atoms with Crippen LogP contribution in [0.1, 0.15) is 52.4 Å². The molecule has 1 rings (SSSR count). The molecular formula is C20H22F13NaO7S. The number of hydrogen-bond donors (Lipinski definition) is 0. The number of cyclic esters (lactones) is 1. The molecule has 0 aliphatic carbocycles. The first-order valence-electron chi connectivity index (χ1n) is 11.3. The fourth-order valence-corrected chi connectivity index (χ4v) is 4.92. The molecule has 2 atom stereocenters. The number of carbonyl (C=O) groups is 2. The van der Waals surface area contributed by atoms with Gasteiger partial charge < -0.3 is 14.7 Å². The van der Waals surface area contributed by atoms with Gasteiger partial charge in [0.2, 0.25) is 0 Å². The molecule has 0 N–H and O–H groups in total. The molecular weight excluding hydrogens is 654 g/mol. The molecule has 0 spiro atoms. The number of halogens is 13. The van der Waals surface area contributed by atoms with Crippen molar-refractivity contribution >= 4 is 24.0 Å². The van der Waals surface area contributed by atoms with Crippen molar-refractivity contribution in [2.45, 2.75) is 92.9 Å². The zero-order valence-electron chi connectivity index (χ0n) is 21.8. The minimum absolute atomic E-state index is 0. The molecule has 0 aromatic heterocycles. The van der Waals surface area contributed by atoms with Crippen LogP contribution in [0.3, 0.4) is 0 Å². The van der Waals surface area contributed by atoms with E-state index in [9.17, 15) is 71.9 Å². The van der Waals surface area contributed by atoms with Crippen molar-refractivity contribution in [3.63, 3.8) is 0 Å². The van der Waals surface area contributed by atoms with Gasteiger partial charge in [-0.25, -0.2) is 0 Å². The summed E-state index contributed by atoms with van der Waals surface area (Å²) in [6.07, 6.45) is -10.6. The SMILES string of the molecule is CCCCC1(CC)COC(=O)CC1(SOO[O-])C(=O)OCCC(F)(F)C(F)(F)C(F)(F)C(F)(F)C(F)(F)C(F)(F)F.[Na+]. The first-order valence-corrected chi connectivity index (χ1v) is 12.1. The minimum atomic E-state index is -8.07. The van der Waals surface area contributed by atoms with E-state index in [4.69, 9.17) is 4.74 Å². The van der Waals surface area contributed by atoms with Gasteiger partial charge in [-0.3, -0.25) is 14.6 Å². The third-order valence-electron chi connectivity index (χ3n) is 6.63. The Bertz CT molecular complexity index is 938. The average molecular weight is 676 g/mol. The summed E-state index contributed by atoms with van der Waals surface area (Å²) in [6.45, 7) is 0.551. The first kappa shape index (κ1) is 41.3. The number of carbonyl (C=O) groups excluding carboxylic acids is 2. The molecule has 1 fully saturated rings. The van der Waals surface area contributed by atoms with Crippen molar-refractivity contribution in [3.8, 4) is 0 Å². The Morgan fingerprint density at radius 3 is 1.90 bits per heavy atom. The van der Waals surface area contributed by atoms with Gasteiger partial charge in [0.05, 0.1) is 38.1 Å². The summed E-state index contributed by atoms with van der Waals surface area (Å²) in [5.74, 6) is -40.8. The van der Waals surface area contributed by atoms with Crippen molar-refractivity contribution in [1.82, 2.24) is 0 Å². The van der Waals surface area contributed by atoms with Gasteiger partial charge in [0, 0.05) is 5.41 Å². The van der Waals surface area contributed by atoms with E-state index in [-0.39, 0.29) is 54.4 Å². The summed E-state index contributed by atoms with van der Waals surface area (Å²) in [6, 6.07) is 0. The normalized spacial score (nSPS) is 22.8. The minimum Gasteiger partial charge on any atom is -0.691 e. The van der Waals surface area contributed by atoms with Crippen molar-refractivity contribution in [2.24, 2.45) is 5.41 Å². The number of unbranched alkanes of at least 4 members (excludes halogenated alkanes) is 1. The van der Waals surface area contributed by atoms with Crippen LogP contribution in [0.25, 0.3) is 0 Å². The molecule has 0 radical (unpaired) electrons. The summed E-state index contributed by atoms with van der Waals surface area (Å²) in [5.41, 5.74) is -1.48. The number of hydrogen-bond acceptors (Lipinski definition) is 8. The van der Waals surface area contributed by atoms with E-state index < -0.39 is 83.9 Å². The van der Waals surface area contributed by atoms with Crippen LogP contribution in [0.2, 0.25) is 0 Å². The molecule has 2 unspecified atom stereocenters. The Labute approximate surface area is 255 Å². The van der Waals surface area contributed by atoms with E-state index in [1.54, 1.807) is 6.92 Å². The Morgan fingerprint density at radius 2 is 1.45 bits per heavy atom. The second kappa shape index (κ2) is 14.1. The van der Waals surface area contributed by atoms with Crippen LogP contribution in [0.4, 0.5) is 57.1 Å². The van der Waals surface area contributed by atoms with E-state index in [0.717, 1.165) is 0 Å². The largest absolute Gasteiger partial charge is 1.00 e. The number of alkyl halides is 13. The molecule has 0 aromatic rings. The van der Waals surface area contributed by atoms with Gasteiger partial charge in [-0.05, 0) is 12.8 Å². The molecule has 7 nitrogen and oxygen atoms in total. The van der Waals surface area contributed by atoms with Crippen LogP contribution in [-0.2, 0) is 28.4 Å². The van der Waals surface area contributed by atoms with Gasteiger partial charge in [0.1, 0.15) is 0 Å². The van der Waals surface area contributed by atoms with Crippen molar-refractivity contribution < 1.29 is 120 Å². The van der Waals surface area contributed by atoms with Crippen LogP contribution < -0.4 is 34.8 Å². The van der Waals surface area contributed by atoms with Crippen LogP contribution >= 0.6 is 12.0 Å². The van der Waals surface area contributed by atoms with Gasteiger partial charge in [-0.1, -0.05) is 26.7 Å². The average Bonchev–Trinajstić information content (AvgIpc) is 2.85. The molecule has 0 aromatic carbocycles. The zero-order valence-corrected chi connectivity index (χ0v) is 24.7. The molecule has 1 aliphatic rings. The summed E-state index contributed by atoms with van der Waals surface area (Å²) in [4.78, 5) is 25.0. The van der Waals surface area contributed by atoms with Crippen LogP contribution in [-0.4, -0.2) is 65.7 Å². The van der Waals surface area contributed by atoms with Crippen molar-refractivity contribution in [2.75, 3.05) is 13.2 Å². The fraction of sp³-hybridized carbons (Fsp3) is 0.900. The fourth-order valence-electron chi connectivity index (χ4n) is 3.99. The quantitative estimate of drug-likeness (QED) is 0.0654.